The van der Waals surface area contributed by atoms with Crippen molar-refractivity contribution in [1.29, 1.82) is 0 Å². The number of aromatic nitrogens is 2. The normalized spacial score (nSPS) is 22.2. The van der Waals surface area contributed by atoms with Crippen LogP contribution in [0, 0.1) is 16.0 Å². The molecule has 1 aromatic rings. The first-order valence-corrected chi connectivity index (χ1v) is 7.07. The lowest BCUT2D eigenvalue weighted by atomic mass is 10.0. The van der Waals surface area contributed by atoms with Crippen molar-refractivity contribution in [2.75, 3.05) is 6.54 Å². The number of hydrogen-bond donors (Lipinski definition) is 2. The van der Waals surface area contributed by atoms with Gasteiger partial charge in [-0.2, -0.15) is 5.10 Å². The topological polar surface area (TPSA) is 116 Å². The molecule has 1 aliphatic carbocycles. The second-order valence-corrected chi connectivity index (χ2v) is 5.97. The molecule has 2 unspecified atom stereocenters. The Morgan fingerprint density at radius 1 is 1.62 bits per heavy atom. The summed E-state index contributed by atoms with van der Waals surface area (Å²) >= 11 is 0. The molecule has 0 aromatic carbocycles. The number of carbonyl (C=O) groups excluding carboxylic acids is 1. The SMILES string of the molecule is CC(C)(C(=O)NC1CCCC1CN)n1cc([N+](=O)[O-])cn1. The van der Waals surface area contributed by atoms with Gasteiger partial charge < -0.3 is 11.1 Å². The van der Waals surface area contributed by atoms with Gasteiger partial charge in [0.15, 0.2) is 0 Å². The van der Waals surface area contributed by atoms with Crippen molar-refractivity contribution < 1.29 is 9.72 Å². The van der Waals surface area contributed by atoms with E-state index in [1.54, 1.807) is 13.8 Å². The Morgan fingerprint density at radius 2 is 2.33 bits per heavy atom. The van der Waals surface area contributed by atoms with Crippen LogP contribution in [0.1, 0.15) is 33.1 Å². The molecular formula is C13H21N5O3. The standard InChI is InChI=1S/C13H21N5O3/c1-13(2,17-8-10(7-15-17)18(20)21)12(19)16-11-5-3-4-9(11)6-14/h7-9,11H,3-6,14H2,1-2H3,(H,16,19). The van der Waals surface area contributed by atoms with E-state index in [0.29, 0.717) is 12.5 Å². The molecule has 0 spiro atoms. The predicted octanol–water partition coefficient (Wildman–Crippen LogP) is 0.770. The number of rotatable bonds is 5. The highest BCUT2D eigenvalue weighted by molar-refractivity contribution is 5.83. The average molecular weight is 295 g/mol. The highest BCUT2D eigenvalue weighted by atomic mass is 16.6. The van der Waals surface area contributed by atoms with Crippen LogP contribution < -0.4 is 11.1 Å². The molecule has 1 aromatic heterocycles. The molecule has 0 bridgehead atoms. The fourth-order valence-corrected chi connectivity index (χ4v) is 2.67. The van der Waals surface area contributed by atoms with E-state index in [1.807, 2.05) is 0 Å². The molecule has 8 nitrogen and oxygen atoms in total. The van der Waals surface area contributed by atoms with Crippen LogP contribution in [0.25, 0.3) is 0 Å². The number of hydrogen-bond acceptors (Lipinski definition) is 5. The lowest BCUT2D eigenvalue weighted by molar-refractivity contribution is -0.385. The number of nitrogens with two attached hydrogens (primary N) is 1. The molecule has 21 heavy (non-hydrogen) atoms. The largest absolute Gasteiger partial charge is 0.351 e. The van der Waals surface area contributed by atoms with Crippen molar-refractivity contribution in [2.45, 2.75) is 44.7 Å². The third-order valence-electron chi connectivity index (χ3n) is 4.19. The third-order valence-corrected chi connectivity index (χ3v) is 4.19. The van der Waals surface area contributed by atoms with Crippen molar-refractivity contribution in [2.24, 2.45) is 11.7 Å². The highest BCUT2D eigenvalue weighted by Gasteiger charge is 2.36. The van der Waals surface area contributed by atoms with Gasteiger partial charge in [0, 0.05) is 6.04 Å². The van der Waals surface area contributed by atoms with E-state index in [9.17, 15) is 14.9 Å². The Kier molecular flexibility index (Phi) is 4.26. The molecule has 0 aliphatic heterocycles. The van der Waals surface area contributed by atoms with Crippen LogP contribution in [0.2, 0.25) is 0 Å². The first-order chi connectivity index (χ1) is 9.86. The monoisotopic (exact) mass is 295 g/mol. The van der Waals surface area contributed by atoms with Gasteiger partial charge in [-0.1, -0.05) is 6.42 Å². The summed E-state index contributed by atoms with van der Waals surface area (Å²) in [5.41, 5.74) is 4.59. The van der Waals surface area contributed by atoms with E-state index < -0.39 is 10.5 Å². The van der Waals surface area contributed by atoms with Gasteiger partial charge in [0.2, 0.25) is 5.91 Å². The lowest BCUT2D eigenvalue weighted by Crippen LogP contribution is -2.50. The molecule has 1 heterocycles. The van der Waals surface area contributed by atoms with Crippen LogP contribution in [0.15, 0.2) is 12.4 Å². The predicted molar refractivity (Wildman–Crippen MR) is 76.5 cm³/mol. The van der Waals surface area contributed by atoms with Crippen LogP contribution in [0.5, 0.6) is 0 Å². The van der Waals surface area contributed by atoms with Gasteiger partial charge in [-0.15, -0.1) is 0 Å². The molecule has 3 N–H and O–H groups in total. The quantitative estimate of drug-likeness (QED) is 0.614. The molecule has 8 heteroatoms. The highest BCUT2D eigenvalue weighted by Crippen LogP contribution is 2.26. The van der Waals surface area contributed by atoms with E-state index in [-0.39, 0.29) is 17.6 Å². The fraction of sp³-hybridized carbons (Fsp3) is 0.692. The van der Waals surface area contributed by atoms with Gasteiger partial charge in [-0.3, -0.25) is 19.6 Å². The summed E-state index contributed by atoms with van der Waals surface area (Å²) in [6, 6.07) is 0.0762. The van der Waals surface area contributed by atoms with Crippen LogP contribution in [-0.4, -0.2) is 33.2 Å². The maximum Gasteiger partial charge on any atom is 0.307 e. The molecule has 116 valence electrons. The van der Waals surface area contributed by atoms with Gasteiger partial charge >= 0.3 is 5.69 Å². The summed E-state index contributed by atoms with van der Waals surface area (Å²) in [6.45, 7) is 3.93. The zero-order valence-corrected chi connectivity index (χ0v) is 12.3. The van der Waals surface area contributed by atoms with Crippen molar-refractivity contribution >= 4 is 11.6 Å². The minimum Gasteiger partial charge on any atom is -0.351 e. The lowest BCUT2D eigenvalue weighted by Gasteiger charge is -2.28. The molecular weight excluding hydrogens is 274 g/mol. The second kappa shape index (κ2) is 5.80. The summed E-state index contributed by atoms with van der Waals surface area (Å²) in [5, 5.41) is 17.7. The molecule has 2 atom stereocenters. The Morgan fingerprint density at radius 3 is 2.90 bits per heavy atom. The van der Waals surface area contributed by atoms with Gasteiger partial charge in [0.25, 0.3) is 0 Å². The summed E-state index contributed by atoms with van der Waals surface area (Å²) in [6.07, 6.45) is 5.42. The summed E-state index contributed by atoms with van der Waals surface area (Å²) < 4.78 is 1.33. The van der Waals surface area contributed by atoms with E-state index in [2.05, 4.69) is 10.4 Å². The van der Waals surface area contributed by atoms with Crippen LogP contribution in [-0.2, 0) is 10.3 Å². The Bertz CT molecular complexity index is 540. The average Bonchev–Trinajstić information content (AvgIpc) is 3.07. The summed E-state index contributed by atoms with van der Waals surface area (Å²) in [7, 11) is 0. The number of amides is 1. The summed E-state index contributed by atoms with van der Waals surface area (Å²) in [5.74, 6) is 0.0996. The third kappa shape index (κ3) is 3.05. The molecule has 1 fully saturated rings. The molecule has 0 saturated heterocycles. The van der Waals surface area contributed by atoms with Crippen LogP contribution >= 0.6 is 0 Å². The van der Waals surface area contributed by atoms with Crippen molar-refractivity contribution in [3.63, 3.8) is 0 Å². The summed E-state index contributed by atoms with van der Waals surface area (Å²) in [4.78, 5) is 22.7. The van der Waals surface area contributed by atoms with E-state index in [4.69, 9.17) is 5.73 Å². The van der Waals surface area contributed by atoms with E-state index in [0.717, 1.165) is 25.5 Å². The molecule has 1 saturated carbocycles. The fourth-order valence-electron chi connectivity index (χ4n) is 2.67. The second-order valence-electron chi connectivity index (χ2n) is 5.97. The van der Waals surface area contributed by atoms with Gasteiger partial charge in [-0.05, 0) is 39.2 Å². The van der Waals surface area contributed by atoms with Crippen molar-refractivity contribution in [3.05, 3.63) is 22.5 Å². The zero-order chi connectivity index (χ0) is 15.6. The number of carbonyl (C=O) groups is 1. The maximum atomic E-state index is 12.5. The van der Waals surface area contributed by atoms with Gasteiger partial charge in [-0.25, -0.2) is 0 Å². The Balaban J connectivity index is 2.10. The first kappa shape index (κ1) is 15.4. The van der Waals surface area contributed by atoms with Crippen LogP contribution in [0.4, 0.5) is 5.69 Å². The van der Waals surface area contributed by atoms with Crippen LogP contribution in [0.3, 0.4) is 0 Å². The van der Waals surface area contributed by atoms with E-state index >= 15 is 0 Å². The smallest absolute Gasteiger partial charge is 0.307 e. The molecule has 1 aliphatic rings. The Hall–Kier alpha value is -1.96. The molecule has 0 radical (unpaired) electrons. The van der Waals surface area contributed by atoms with E-state index in [1.165, 1.54) is 10.9 Å². The maximum absolute atomic E-state index is 12.5. The number of nitrogens with zero attached hydrogens (tertiary/aromatic N) is 3. The van der Waals surface area contributed by atoms with Crippen molar-refractivity contribution in [3.8, 4) is 0 Å². The first-order valence-electron chi connectivity index (χ1n) is 7.07. The Labute approximate surface area is 122 Å². The number of nitrogens with one attached hydrogen (secondary N) is 1. The van der Waals surface area contributed by atoms with Gasteiger partial charge in [0.05, 0.1) is 4.92 Å². The number of nitro groups is 1. The molecule has 1 amide bonds. The minimum atomic E-state index is -0.990. The minimum absolute atomic E-state index is 0.0762. The van der Waals surface area contributed by atoms with Crippen molar-refractivity contribution in [1.82, 2.24) is 15.1 Å². The zero-order valence-electron chi connectivity index (χ0n) is 12.3. The molecule has 2 rings (SSSR count). The van der Waals surface area contributed by atoms with Gasteiger partial charge in [0.1, 0.15) is 17.9 Å².